The summed E-state index contributed by atoms with van der Waals surface area (Å²) >= 11 is 0. The average Bonchev–Trinajstić information content (AvgIpc) is 2.30. The van der Waals surface area contributed by atoms with Crippen molar-refractivity contribution in [1.82, 2.24) is 0 Å². The third kappa shape index (κ3) is 4.33. The third-order valence-electron chi connectivity index (χ3n) is 2.81. The standard InChI is InChI=1S/C14H23NO/c1-3-5-12-7-9-13(10-8-12)14(15)6-4-11-16-2/h7-10,14H,3-6,11,15H2,1-2H3. The van der Waals surface area contributed by atoms with Crippen LogP contribution in [0.3, 0.4) is 0 Å². The van der Waals surface area contributed by atoms with E-state index in [1.165, 1.54) is 17.5 Å². The predicted molar refractivity (Wildman–Crippen MR) is 68.5 cm³/mol. The molecule has 0 amide bonds. The maximum absolute atomic E-state index is 6.10. The molecule has 0 saturated heterocycles. The number of benzene rings is 1. The van der Waals surface area contributed by atoms with Gasteiger partial charge in [0.1, 0.15) is 0 Å². The Kier molecular flexibility index (Phi) is 6.12. The van der Waals surface area contributed by atoms with Crippen molar-refractivity contribution in [2.75, 3.05) is 13.7 Å². The van der Waals surface area contributed by atoms with Crippen molar-refractivity contribution in [1.29, 1.82) is 0 Å². The lowest BCUT2D eigenvalue weighted by Gasteiger charge is -2.12. The van der Waals surface area contributed by atoms with E-state index in [0.717, 1.165) is 25.9 Å². The van der Waals surface area contributed by atoms with E-state index < -0.39 is 0 Å². The van der Waals surface area contributed by atoms with Crippen molar-refractivity contribution < 1.29 is 4.74 Å². The molecule has 1 unspecified atom stereocenters. The molecule has 1 atom stereocenters. The minimum absolute atomic E-state index is 0.144. The lowest BCUT2D eigenvalue weighted by Crippen LogP contribution is -2.11. The van der Waals surface area contributed by atoms with Crippen molar-refractivity contribution in [3.8, 4) is 0 Å². The van der Waals surface area contributed by atoms with Crippen molar-refractivity contribution in [2.45, 2.75) is 38.6 Å². The summed E-state index contributed by atoms with van der Waals surface area (Å²) in [5.74, 6) is 0. The summed E-state index contributed by atoms with van der Waals surface area (Å²) in [6.07, 6.45) is 4.35. The SMILES string of the molecule is CCCc1ccc(C(N)CCCOC)cc1. The Bertz CT molecular complexity index is 281. The van der Waals surface area contributed by atoms with Gasteiger partial charge in [0.15, 0.2) is 0 Å². The summed E-state index contributed by atoms with van der Waals surface area (Å²) in [5.41, 5.74) is 8.74. The van der Waals surface area contributed by atoms with Crippen molar-refractivity contribution in [2.24, 2.45) is 5.73 Å². The van der Waals surface area contributed by atoms with E-state index in [-0.39, 0.29) is 6.04 Å². The van der Waals surface area contributed by atoms with Gasteiger partial charge in [-0.15, -0.1) is 0 Å². The van der Waals surface area contributed by atoms with Crippen LogP contribution in [0.25, 0.3) is 0 Å². The average molecular weight is 221 g/mol. The van der Waals surface area contributed by atoms with Gasteiger partial charge in [-0.1, -0.05) is 37.6 Å². The van der Waals surface area contributed by atoms with Crippen LogP contribution in [-0.4, -0.2) is 13.7 Å². The Morgan fingerprint density at radius 3 is 2.50 bits per heavy atom. The number of hydrogen-bond donors (Lipinski definition) is 1. The fourth-order valence-electron chi connectivity index (χ4n) is 1.83. The molecular formula is C14H23NO. The summed E-state index contributed by atoms with van der Waals surface area (Å²) in [6.45, 7) is 2.99. The molecule has 2 heteroatoms. The number of nitrogens with two attached hydrogens (primary N) is 1. The first-order valence-electron chi connectivity index (χ1n) is 6.11. The van der Waals surface area contributed by atoms with E-state index >= 15 is 0 Å². The molecule has 0 aliphatic heterocycles. The minimum atomic E-state index is 0.144. The first-order valence-corrected chi connectivity index (χ1v) is 6.11. The summed E-state index contributed by atoms with van der Waals surface area (Å²) in [6, 6.07) is 8.83. The number of hydrogen-bond acceptors (Lipinski definition) is 2. The van der Waals surface area contributed by atoms with Crippen LogP contribution in [0.2, 0.25) is 0 Å². The van der Waals surface area contributed by atoms with E-state index in [0.29, 0.717) is 0 Å². The van der Waals surface area contributed by atoms with Crippen molar-refractivity contribution >= 4 is 0 Å². The summed E-state index contributed by atoms with van der Waals surface area (Å²) < 4.78 is 5.02. The minimum Gasteiger partial charge on any atom is -0.385 e. The zero-order valence-electron chi connectivity index (χ0n) is 10.4. The molecule has 0 heterocycles. The van der Waals surface area contributed by atoms with Crippen LogP contribution >= 0.6 is 0 Å². The van der Waals surface area contributed by atoms with E-state index in [4.69, 9.17) is 10.5 Å². The fraction of sp³-hybridized carbons (Fsp3) is 0.571. The van der Waals surface area contributed by atoms with Gasteiger partial charge in [-0.05, 0) is 30.4 Å². The summed E-state index contributed by atoms with van der Waals surface area (Å²) in [7, 11) is 1.73. The van der Waals surface area contributed by atoms with Crippen LogP contribution < -0.4 is 5.73 Å². The molecule has 0 radical (unpaired) electrons. The highest BCUT2D eigenvalue weighted by Gasteiger charge is 2.05. The van der Waals surface area contributed by atoms with Crippen molar-refractivity contribution in [3.63, 3.8) is 0 Å². The van der Waals surface area contributed by atoms with Gasteiger partial charge in [0.2, 0.25) is 0 Å². The molecule has 0 aliphatic carbocycles. The summed E-state index contributed by atoms with van der Waals surface area (Å²) in [5, 5.41) is 0. The second-order valence-electron chi connectivity index (χ2n) is 4.23. The fourth-order valence-corrected chi connectivity index (χ4v) is 1.83. The quantitative estimate of drug-likeness (QED) is 0.718. The first-order chi connectivity index (χ1) is 7.77. The molecule has 90 valence electrons. The molecule has 2 N–H and O–H groups in total. The second-order valence-corrected chi connectivity index (χ2v) is 4.23. The van der Waals surface area contributed by atoms with Gasteiger partial charge in [-0.25, -0.2) is 0 Å². The Morgan fingerprint density at radius 1 is 1.25 bits per heavy atom. The molecule has 16 heavy (non-hydrogen) atoms. The normalized spacial score (nSPS) is 12.7. The monoisotopic (exact) mass is 221 g/mol. The molecule has 0 aromatic heterocycles. The lowest BCUT2D eigenvalue weighted by molar-refractivity contribution is 0.190. The Morgan fingerprint density at radius 2 is 1.94 bits per heavy atom. The first kappa shape index (κ1) is 13.2. The molecule has 2 nitrogen and oxygen atoms in total. The largest absolute Gasteiger partial charge is 0.385 e. The molecule has 1 aromatic carbocycles. The molecule has 0 saturated carbocycles. The second kappa shape index (κ2) is 7.42. The summed E-state index contributed by atoms with van der Waals surface area (Å²) in [4.78, 5) is 0. The van der Waals surface area contributed by atoms with E-state index in [9.17, 15) is 0 Å². The molecule has 1 aromatic rings. The van der Waals surface area contributed by atoms with Gasteiger partial charge in [-0.3, -0.25) is 0 Å². The van der Waals surface area contributed by atoms with Crippen LogP contribution in [-0.2, 0) is 11.2 Å². The van der Waals surface area contributed by atoms with Gasteiger partial charge in [-0.2, -0.15) is 0 Å². The molecular weight excluding hydrogens is 198 g/mol. The van der Waals surface area contributed by atoms with Gasteiger partial charge in [0.25, 0.3) is 0 Å². The molecule has 0 bridgehead atoms. The Balaban J connectivity index is 2.46. The van der Waals surface area contributed by atoms with Gasteiger partial charge in [0, 0.05) is 19.8 Å². The Hall–Kier alpha value is -0.860. The zero-order chi connectivity index (χ0) is 11.8. The highest BCUT2D eigenvalue weighted by atomic mass is 16.5. The van der Waals surface area contributed by atoms with Gasteiger partial charge >= 0.3 is 0 Å². The predicted octanol–water partition coefficient (Wildman–Crippen LogP) is 3.07. The molecule has 0 spiro atoms. The smallest absolute Gasteiger partial charge is 0.0462 e. The lowest BCUT2D eigenvalue weighted by atomic mass is 10.0. The maximum atomic E-state index is 6.10. The maximum Gasteiger partial charge on any atom is 0.0462 e. The van der Waals surface area contributed by atoms with Gasteiger partial charge < -0.3 is 10.5 Å². The van der Waals surface area contributed by atoms with E-state index in [1.54, 1.807) is 7.11 Å². The molecule has 1 rings (SSSR count). The molecule has 0 fully saturated rings. The number of aryl methyl sites for hydroxylation is 1. The van der Waals surface area contributed by atoms with Crippen LogP contribution in [0.1, 0.15) is 43.4 Å². The number of methoxy groups -OCH3 is 1. The van der Waals surface area contributed by atoms with Crippen LogP contribution in [0.4, 0.5) is 0 Å². The zero-order valence-corrected chi connectivity index (χ0v) is 10.4. The number of ether oxygens (including phenoxy) is 1. The van der Waals surface area contributed by atoms with Crippen LogP contribution in [0.5, 0.6) is 0 Å². The Labute approximate surface area is 98.8 Å². The molecule has 0 aliphatic rings. The van der Waals surface area contributed by atoms with Crippen LogP contribution in [0, 0.1) is 0 Å². The van der Waals surface area contributed by atoms with E-state index in [2.05, 4.69) is 31.2 Å². The van der Waals surface area contributed by atoms with Crippen molar-refractivity contribution in [3.05, 3.63) is 35.4 Å². The highest BCUT2D eigenvalue weighted by Crippen LogP contribution is 2.17. The van der Waals surface area contributed by atoms with Crippen LogP contribution in [0.15, 0.2) is 24.3 Å². The third-order valence-corrected chi connectivity index (χ3v) is 2.81. The topological polar surface area (TPSA) is 35.2 Å². The van der Waals surface area contributed by atoms with E-state index in [1.807, 2.05) is 0 Å². The van der Waals surface area contributed by atoms with Gasteiger partial charge in [0.05, 0.1) is 0 Å². The highest BCUT2D eigenvalue weighted by molar-refractivity contribution is 5.24. The number of rotatable bonds is 7.